The molecular formula is C26H34ClN3O4Si. The van der Waals surface area contributed by atoms with Crippen LogP contribution in [0.5, 0.6) is 5.75 Å². The molecule has 3 unspecified atom stereocenters. The number of carbonyl (C=O) groups is 3. The lowest BCUT2D eigenvalue weighted by Crippen LogP contribution is -2.42. The maximum Gasteiger partial charge on any atom is 0.224 e. The summed E-state index contributed by atoms with van der Waals surface area (Å²) >= 11 is 6.15. The SMILES string of the molecule is COc1cc(Cl)cc2[nH]c(C(=O)CC(C[Si](C)(C)C)C(=O)NC(C#N)CC3CCCCC3=O)cc12. The maximum atomic E-state index is 13.3. The van der Waals surface area contributed by atoms with Gasteiger partial charge in [0.25, 0.3) is 0 Å². The standard InChI is InChI=1S/C26H34ClN3O4Si/c1-34-25-12-18(27)11-21-20(25)13-22(30-21)24(32)10-17(15-35(2,3)4)26(33)29-19(14-28)9-16-7-5-6-8-23(16)31/h11-13,16-17,19,30H,5-10,15H2,1-4H3,(H,29,33). The zero-order chi connectivity index (χ0) is 25.8. The Morgan fingerprint density at radius 1 is 1.29 bits per heavy atom. The van der Waals surface area contributed by atoms with Crippen LogP contribution in [0, 0.1) is 23.2 Å². The summed E-state index contributed by atoms with van der Waals surface area (Å²) in [7, 11) is -0.175. The topological polar surface area (TPSA) is 112 Å². The van der Waals surface area contributed by atoms with Gasteiger partial charge in [-0.05, 0) is 43.5 Å². The van der Waals surface area contributed by atoms with Crippen molar-refractivity contribution in [3.05, 3.63) is 28.9 Å². The van der Waals surface area contributed by atoms with Crippen LogP contribution in [0.4, 0.5) is 0 Å². The number of methoxy groups -OCH3 is 1. The van der Waals surface area contributed by atoms with Crippen molar-refractivity contribution in [2.24, 2.45) is 11.8 Å². The number of ketones is 2. The highest BCUT2D eigenvalue weighted by molar-refractivity contribution is 6.76. The van der Waals surface area contributed by atoms with Crippen LogP contribution in [-0.2, 0) is 9.59 Å². The smallest absolute Gasteiger partial charge is 0.224 e. The minimum atomic E-state index is -1.72. The highest BCUT2D eigenvalue weighted by atomic mass is 35.5. The molecule has 2 aromatic rings. The van der Waals surface area contributed by atoms with Crippen molar-refractivity contribution in [3.8, 4) is 11.8 Å². The number of halogens is 1. The average molecular weight is 516 g/mol. The Labute approximate surface area is 212 Å². The van der Waals surface area contributed by atoms with Crippen molar-refractivity contribution in [1.82, 2.24) is 10.3 Å². The number of aromatic amines is 1. The van der Waals surface area contributed by atoms with Gasteiger partial charge in [-0.3, -0.25) is 14.4 Å². The van der Waals surface area contributed by atoms with E-state index in [1.165, 1.54) is 0 Å². The number of hydrogen-bond donors (Lipinski definition) is 2. The second kappa shape index (κ2) is 11.4. The molecule has 0 aliphatic heterocycles. The predicted molar refractivity (Wildman–Crippen MR) is 140 cm³/mol. The number of carbonyl (C=O) groups excluding carboxylic acids is 3. The Hall–Kier alpha value is -2.63. The van der Waals surface area contributed by atoms with E-state index in [9.17, 15) is 19.6 Å². The second-order valence-corrected chi connectivity index (χ2v) is 16.6. The monoisotopic (exact) mass is 515 g/mol. The summed E-state index contributed by atoms with van der Waals surface area (Å²) in [5, 5.41) is 13.7. The average Bonchev–Trinajstić information content (AvgIpc) is 3.22. The van der Waals surface area contributed by atoms with Gasteiger partial charge in [-0.15, -0.1) is 0 Å². The van der Waals surface area contributed by atoms with E-state index in [0.29, 0.717) is 40.9 Å². The summed E-state index contributed by atoms with van der Waals surface area (Å²) in [6, 6.07) is 7.16. The minimum Gasteiger partial charge on any atom is -0.496 e. The molecule has 1 saturated carbocycles. The molecule has 0 saturated heterocycles. The van der Waals surface area contributed by atoms with Crippen LogP contribution in [0.15, 0.2) is 18.2 Å². The molecule has 2 N–H and O–H groups in total. The second-order valence-electron chi connectivity index (χ2n) is 10.7. The highest BCUT2D eigenvalue weighted by Gasteiger charge is 2.32. The van der Waals surface area contributed by atoms with Crippen molar-refractivity contribution in [1.29, 1.82) is 5.26 Å². The fourth-order valence-corrected chi connectivity index (χ4v) is 6.86. The van der Waals surface area contributed by atoms with Crippen molar-refractivity contribution in [2.45, 2.75) is 70.3 Å². The van der Waals surface area contributed by atoms with Crippen LogP contribution < -0.4 is 10.1 Å². The van der Waals surface area contributed by atoms with Crippen LogP contribution >= 0.6 is 11.6 Å². The predicted octanol–water partition coefficient (Wildman–Crippen LogP) is 5.51. The summed E-state index contributed by atoms with van der Waals surface area (Å²) in [4.78, 5) is 41.8. The summed E-state index contributed by atoms with van der Waals surface area (Å²) in [5.41, 5.74) is 1.07. The van der Waals surface area contributed by atoms with E-state index < -0.39 is 20.0 Å². The molecule has 1 aromatic heterocycles. The normalized spacial score (nSPS) is 18.1. The van der Waals surface area contributed by atoms with Crippen molar-refractivity contribution in [3.63, 3.8) is 0 Å². The molecule has 9 heteroatoms. The van der Waals surface area contributed by atoms with Gasteiger partial charge in [0, 0.05) is 43.2 Å². The summed E-state index contributed by atoms with van der Waals surface area (Å²) in [5.74, 6) is -0.480. The number of benzene rings is 1. The van der Waals surface area contributed by atoms with Gasteiger partial charge in [0.2, 0.25) is 5.91 Å². The van der Waals surface area contributed by atoms with Gasteiger partial charge in [-0.25, -0.2) is 0 Å². The van der Waals surface area contributed by atoms with E-state index in [-0.39, 0.29) is 29.8 Å². The van der Waals surface area contributed by atoms with Gasteiger partial charge in [0.1, 0.15) is 17.6 Å². The number of fused-ring (bicyclic) bond motifs is 1. The summed E-state index contributed by atoms with van der Waals surface area (Å²) in [6.45, 7) is 6.45. The molecule has 1 heterocycles. The van der Waals surface area contributed by atoms with E-state index >= 15 is 0 Å². The number of ether oxygens (including phenoxy) is 1. The fraction of sp³-hybridized carbons (Fsp3) is 0.538. The Morgan fingerprint density at radius 2 is 2.03 bits per heavy atom. The molecule has 35 heavy (non-hydrogen) atoms. The van der Waals surface area contributed by atoms with E-state index in [0.717, 1.165) is 24.6 Å². The number of nitrogens with zero attached hydrogens (tertiary/aromatic N) is 1. The molecular weight excluding hydrogens is 482 g/mol. The highest BCUT2D eigenvalue weighted by Crippen LogP contribution is 2.32. The first-order chi connectivity index (χ1) is 16.5. The number of rotatable bonds is 10. The number of nitrogens with one attached hydrogen (secondary N) is 2. The van der Waals surface area contributed by atoms with Crippen molar-refractivity contribution >= 4 is 48.1 Å². The molecule has 1 aliphatic rings. The summed E-state index contributed by atoms with van der Waals surface area (Å²) < 4.78 is 5.38. The first kappa shape index (κ1) is 27.0. The zero-order valence-corrected chi connectivity index (χ0v) is 22.6. The first-order valence-corrected chi connectivity index (χ1v) is 16.2. The van der Waals surface area contributed by atoms with E-state index in [4.69, 9.17) is 16.3 Å². The Kier molecular flexibility index (Phi) is 8.78. The van der Waals surface area contributed by atoms with Crippen LogP contribution in [0.2, 0.25) is 30.7 Å². The molecule has 1 fully saturated rings. The maximum absolute atomic E-state index is 13.3. The largest absolute Gasteiger partial charge is 0.496 e. The van der Waals surface area contributed by atoms with Gasteiger partial charge in [0.15, 0.2) is 5.78 Å². The number of H-pyrrole nitrogens is 1. The number of amides is 1. The Balaban J connectivity index is 1.76. The Bertz CT molecular complexity index is 1150. The van der Waals surface area contributed by atoms with Crippen LogP contribution in [-0.4, -0.2) is 43.7 Å². The van der Waals surface area contributed by atoms with Crippen LogP contribution in [0.25, 0.3) is 10.9 Å². The third kappa shape index (κ3) is 7.18. The Morgan fingerprint density at radius 3 is 2.66 bits per heavy atom. The van der Waals surface area contributed by atoms with Crippen LogP contribution in [0.1, 0.15) is 49.0 Å². The molecule has 188 valence electrons. The molecule has 0 bridgehead atoms. The van der Waals surface area contributed by atoms with Gasteiger partial charge in [-0.2, -0.15) is 5.26 Å². The van der Waals surface area contributed by atoms with Gasteiger partial charge in [0.05, 0.1) is 24.4 Å². The van der Waals surface area contributed by atoms with Gasteiger partial charge < -0.3 is 15.0 Å². The number of hydrogen-bond acceptors (Lipinski definition) is 5. The molecule has 0 spiro atoms. The quantitative estimate of drug-likeness (QED) is 0.320. The summed E-state index contributed by atoms with van der Waals surface area (Å²) in [6.07, 6.45) is 3.53. The molecule has 1 aliphatic carbocycles. The van der Waals surface area contributed by atoms with E-state index in [2.05, 4.69) is 36.0 Å². The third-order valence-electron chi connectivity index (χ3n) is 6.52. The molecule has 3 rings (SSSR count). The van der Waals surface area contributed by atoms with Crippen LogP contribution in [0.3, 0.4) is 0 Å². The van der Waals surface area contributed by atoms with Gasteiger partial charge in [-0.1, -0.05) is 37.7 Å². The lowest BCUT2D eigenvalue weighted by atomic mass is 9.84. The molecule has 7 nitrogen and oxygen atoms in total. The number of aromatic nitrogens is 1. The van der Waals surface area contributed by atoms with E-state index in [1.54, 1.807) is 25.3 Å². The van der Waals surface area contributed by atoms with E-state index in [1.807, 2.05) is 0 Å². The number of nitriles is 1. The lowest BCUT2D eigenvalue weighted by Gasteiger charge is -2.26. The molecule has 0 radical (unpaired) electrons. The zero-order valence-electron chi connectivity index (χ0n) is 20.9. The van der Waals surface area contributed by atoms with Crippen molar-refractivity contribution < 1.29 is 19.1 Å². The molecule has 3 atom stereocenters. The molecule has 1 amide bonds. The van der Waals surface area contributed by atoms with Gasteiger partial charge >= 0.3 is 0 Å². The molecule has 1 aromatic carbocycles. The lowest BCUT2D eigenvalue weighted by molar-refractivity contribution is -0.127. The fourth-order valence-electron chi connectivity index (χ4n) is 4.84. The first-order valence-electron chi connectivity index (χ1n) is 12.1. The van der Waals surface area contributed by atoms with Crippen molar-refractivity contribution in [2.75, 3.05) is 7.11 Å². The third-order valence-corrected chi connectivity index (χ3v) is 8.46. The number of Topliss-reactive ketones (excluding diaryl/α,β-unsaturated/α-hetero) is 2. The minimum absolute atomic E-state index is 0.0273.